The molecule has 0 aromatic heterocycles. The molecule has 0 spiro atoms. The van der Waals surface area contributed by atoms with E-state index in [1.807, 2.05) is 0 Å². The van der Waals surface area contributed by atoms with Crippen LogP contribution in [0.3, 0.4) is 0 Å². The average molecular weight is 851 g/mol. The van der Waals surface area contributed by atoms with Crippen molar-refractivity contribution in [2.24, 2.45) is 0 Å². The quantitative estimate of drug-likeness (QED) is 0.0200. The second-order valence-corrected chi connectivity index (χ2v) is 16.7. The lowest BCUT2D eigenvalue weighted by Crippen LogP contribution is -2.30. The maximum atomic E-state index is 12.8. The molecule has 0 aliphatic rings. The van der Waals surface area contributed by atoms with Gasteiger partial charge >= 0.3 is 17.9 Å². The number of carbonyl (C=O) groups is 3. The van der Waals surface area contributed by atoms with Crippen molar-refractivity contribution < 1.29 is 28.6 Å². The fraction of sp³-hybridized carbons (Fsp3) is 0.727. The van der Waals surface area contributed by atoms with Crippen LogP contribution in [-0.4, -0.2) is 37.2 Å². The normalized spacial score (nSPS) is 12.6. The van der Waals surface area contributed by atoms with Gasteiger partial charge in [0.2, 0.25) is 0 Å². The first-order chi connectivity index (χ1) is 30.0. The number of esters is 3. The van der Waals surface area contributed by atoms with E-state index in [-0.39, 0.29) is 31.1 Å². The second-order valence-electron chi connectivity index (χ2n) is 16.7. The summed E-state index contributed by atoms with van der Waals surface area (Å²) in [6, 6.07) is 0. The van der Waals surface area contributed by atoms with E-state index in [9.17, 15) is 14.4 Å². The van der Waals surface area contributed by atoms with Crippen molar-refractivity contribution in [2.75, 3.05) is 13.2 Å². The SMILES string of the molecule is CC\C=C/C=C\C=C/CCCCCCCC(=O)OC(COC(=O)CCCCCCCCCCC/C=C\C/C=C\C/C=C\CC)COC(=O)CCCCCCCCCCCCC. The number of rotatable bonds is 45. The third-order valence-corrected chi connectivity index (χ3v) is 10.8. The number of hydrogen-bond acceptors (Lipinski definition) is 6. The van der Waals surface area contributed by atoms with Gasteiger partial charge in [-0.3, -0.25) is 14.4 Å². The van der Waals surface area contributed by atoms with Crippen LogP contribution in [0.15, 0.2) is 72.9 Å². The maximum absolute atomic E-state index is 12.8. The summed E-state index contributed by atoms with van der Waals surface area (Å²) in [5.41, 5.74) is 0. The van der Waals surface area contributed by atoms with Crippen LogP contribution in [0, 0.1) is 0 Å². The van der Waals surface area contributed by atoms with Gasteiger partial charge in [-0.05, 0) is 70.6 Å². The lowest BCUT2D eigenvalue weighted by molar-refractivity contribution is -0.167. The number of ether oxygens (including phenoxy) is 3. The predicted octanol–water partition coefficient (Wildman–Crippen LogP) is 16.6. The molecule has 0 aliphatic heterocycles. The molecule has 0 aromatic rings. The Bertz CT molecular complexity index is 1160. The van der Waals surface area contributed by atoms with E-state index >= 15 is 0 Å². The molecule has 0 radical (unpaired) electrons. The molecule has 0 aromatic carbocycles. The largest absolute Gasteiger partial charge is 0.462 e. The van der Waals surface area contributed by atoms with E-state index in [2.05, 4.69) is 93.7 Å². The first kappa shape index (κ1) is 57.9. The van der Waals surface area contributed by atoms with Crippen molar-refractivity contribution in [2.45, 2.75) is 245 Å². The zero-order chi connectivity index (χ0) is 44.4. The third-order valence-electron chi connectivity index (χ3n) is 10.8. The Hall–Kier alpha value is -3.15. The molecule has 0 rings (SSSR count). The highest BCUT2D eigenvalue weighted by Gasteiger charge is 2.19. The molecule has 0 bridgehead atoms. The van der Waals surface area contributed by atoms with Gasteiger partial charge in [-0.15, -0.1) is 0 Å². The zero-order valence-corrected chi connectivity index (χ0v) is 39.9. The summed E-state index contributed by atoms with van der Waals surface area (Å²) in [5, 5.41) is 0. The third kappa shape index (κ3) is 47.7. The summed E-state index contributed by atoms with van der Waals surface area (Å²) >= 11 is 0. The minimum absolute atomic E-state index is 0.0841. The first-order valence-corrected chi connectivity index (χ1v) is 25.5. The summed E-state index contributed by atoms with van der Waals surface area (Å²) in [5.74, 6) is -0.910. The van der Waals surface area contributed by atoms with Crippen molar-refractivity contribution in [1.82, 2.24) is 0 Å². The van der Waals surface area contributed by atoms with Crippen LogP contribution in [0.5, 0.6) is 0 Å². The fourth-order valence-corrected chi connectivity index (χ4v) is 6.99. The summed E-state index contributed by atoms with van der Waals surface area (Å²) < 4.78 is 16.8. The predicted molar refractivity (Wildman–Crippen MR) is 261 cm³/mol. The van der Waals surface area contributed by atoms with Crippen molar-refractivity contribution in [3.8, 4) is 0 Å². The van der Waals surface area contributed by atoms with Crippen LogP contribution in [0.2, 0.25) is 0 Å². The molecule has 1 unspecified atom stereocenters. The first-order valence-electron chi connectivity index (χ1n) is 25.5. The topological polar surface area (TPSA) is 78.9 Å². The van der Waals surface area contributed by atoms with Gasteiger partial charge in [0, 0.05) is 19.3 Å². The zero-order valence-electron chi connectivity index (χ0n) is 39.9. The molecule has 0 aliphatic carbocycles. The molecule has 0 amide bonds. The molecule has 1 atom stereocenters. The highest BCUT2D eigenvalue weighted by atomic mass is 16.6. The number of carbonyl (C=O) groups excluding carboxylic acids is 3. The van der Waals surface area contributed by atoms with Crippen molar-refractivity contribution in [3.05, 3.63) is 72.9 Å². The monoisotopic (exact) mass is 851 g/mol. The fourth-order valence-electron chi connectivity index (χ4n) is 6.99. The van der Waals surface area contributed by atoms with Crippen LogP contribution in [-0.2, 0) is 28.6 Å². The van der Waals surface area contributed by atoms with Crippen LogP contribution >= 0.6 is 0 Å². The van der Waals surface area contributed by atoms with E-state index in [4.69, 9.17) is 14.2 Å². The highest BCUT2D eigenvalue weighted by Crippen LogP contribution is 2.15. The Morgan fingerprint density at radius 1 is 0.361 bits per heavy atom. The minimum Gasteiger partial charge on any atom is -0.462 e. The molecule has 6 heteroatoms. The lowest BCUT2D eigenvalue weighted by atomic mass is 10.1. The molecular weight excluding hydrogens is 757 g/mol. The van der Waals surface area contributed by atoms with Crippen LogP contribution in [0.4, 0.5) is 0 Å². The Labute approximate surface area is 376 Å². The second kappa shape index (κ2) is 49.5. The number of hydrogen-bond donors (Lipinski definition) is 0. The molecule has 0 fully saturated rings. The number of allylic oxidation sites excluding steroid dienone is 12. The lowest BCUT2D eigenvalue weighted by Gasteiger charge is -2.18. The van der Waals surface area contributed by atoms with Crippen molar-refractivity contribution >= 4 is 17.9 Å². The van der Waals surface area contributed by atoms with Gasteiger partial charge in [-0.25, -0.2) is 0 Å². The Kier molecular flexibility index (Phi) is 46.9. The van der Waals surface area contributed by atoms with Gasteiger partial charge in [-0.2, -0.15) is 0 Å². The average Bonchev–Trinajstić information content (AvgIpc) is 3.26. The van der Waals surface area contributed by atoms with Crippen LogP contribution in [0.1, 0.15) is 239 Å². The minimum atomic E-state index is -0.785. The summed E-state index contributed by atoms with van der Waals surface area (Å²) in [6.45, 7) is 6.37. The molecule has 0 heterocycles. The standard InChI is InChI=1S/C55H94O6/c1-4-7-10-13-16-19-22-24-25-26-27-28-29-31-33-36-39-42-45-48-54(57)60-51-52(50-59-53(56)47-44-41-38-35-32-21-18-15-12-9-6-3)61-55(58)49-46-43-40-37-34-30-23-20-17-14-11-8-5-2/h7-8,10-11,14,16-17,19-20,23-25,52H,4-6,9,12-13,15,18,21-22,26-51H2,1-3H3/b10-7-,11-8-,17-14-,19-16-,23-20-,25-24-. The Balaban J connectivity index is 4.35. The van der Waals surface area contributed by atoms with E-state index < -0.39 is 6.10 Å². The van der Waals surface area contributed by atoms with Gasteiger partial charge in [0.15, 0.2) is 6.10 Å². The van der Waals surface area contributed by atoms with E-state index in [1.54, 1.807) is 0 Å². The summed E-state index contributed by atoms with van der Waals surface area (Å²) in [7, 11) is 0. The van der Waals surface area contributed by atoms with Crippen LogP contribution in [0.25, 0.3) is 0 Å². The molecular formula is C55H94O6. The molecule has 0 N–H and O–H groups in total. The van der Waals surface area contributed by atoms with Gasteiger partial charge in [-0.1, -0.05) is 222 Å². The van der Waals surface area contributed by atoms with Gasteiger partial charge in [0.1, 0.15) is 13.2 Å². The van der Waals surface area contributed by atoms with Crippen molar-refractivity contribution in [1.29, 1.82) is 0 Å². The molecule has 0 saturated carbocycles. The van der Waals surface area contributed by atoms with E-state index in [1.165, 1.54) is 96.3 Å². The Morgan fingerprint density at radius 3 is 1.18 bits per heavy atom. The van der Waals surface area contributed by atoms with E-state index in [0.29, 0.717) is 19.3 Å². The van der Waals surface area contributed by atoms with Crippen LogP contribution < -0.4 is 0 Å². The summed E-state index contributed by atoms with van der Waals surface area (Å²) in [6.07, 6.45) is 61.7. The summed E-state index contributed by atoms with van der Waals surface area (Å²) in [4.78, 5) is 37.9. The molecule has 6 nitrogen and oxygen atoms in total. The highest BCUT2D eigenvalue weighted by molar-refractivity contribution is 5.71. The van der Waals surface area contributed by atoms with Gasteiger partial charge in [0.25, 0.3) is 0 Å². The van der Waals surface area contributed by atoms with Gasteiger partial charge < -0.3 is 14.2 Å². The smallest absolute Gasteiger partial charge is 0.306 e. The molecule has 61 heavy (non-hydrogen) atoms. The maximum Gasteiger partial charge on any atom is 0.306 e. The van der Waals surface area contributed by atoms with Gasteiger partial charge in [0.05, 0.1) is 0 Å². The molecule has 350 valence electrons. The molecule has 0 saturated heterocycles. The number of unbranched alkanes of at least 4 members (excludes halogenated alkanes) is 24. The Morgan fingerprint density at radius 2 is 0.721 bits per heavy atom. The van der Waals surface area contributed by atoms with Crippen molar-refractivity contribution in [3.63, 3.8) is 0 Å². The van der Waals surface area contributed by atoms with E-state index in [0.717, 1.165) is 103 Å².